The van der Waals surface area contributed by atoms with Crippen molar-refractivity contribution < 1.29 is 14.3 Å². The molecular weight excluding hydrogens is 376 g/mol. The number of esters is 1. The molecule has 1 aromatic carbocycles. The average molecular weight is 394 g/mol. The number of nitrogens with zero attached hydrogens (tertiary/aromatic N) is 3. The fraction of sp³-hybridized carbons (Fsp3) is 0.200. The van der Waals surface area contributed by atoms with E-state index in [9.17, 15) is 9.59 Å². The Labute approximate surface area is 165 Å². The number of rotatable bonds is 5. The first-order chi connectivity index (χ1) is 13.5. The van der Waals surface area contributed by atoms with Crippen molar-refractivity contribution in [1.82, 2.24) is 19.7 Å². The maximum Gasteiger partial charge on any atom is 0.359 e. The Hall–Kier alpha value is -3.26. The lowest BCUT2D eigenvalue weighted by Gasteiger charge is -2.06. The standard InChI is InChI=1S/C20H18N4O3S/c1-11-10-28-20(21-11)24-12(2)8-15(13(24)3)17(25)9-27-19(26)18-14-6-4-5-7-16(14)22-23-18/h4-8,10H,9H2,1-3H3,(H,22,23). The molecule has 142 valence electrons. The van der Waals surface area contributed by atoms with E-state index in [1.807, 2.05) is 48.9 Å². The maximum atomic E-state index is 12.7. The number of ketones is 1. The van der Waals surface area contributed by atoms with Crippen LogP contribution >= 0.6 is 11.3 Å². The van der Waals surface area contributed by atoms with Crippen molar-refractivity contribution in [3.63, 3.8) is 0 Å². The number of aromatic amines is 1. The summed E-state index contributed by atoms with van der Waals surface area (Å²) in [5, 5.41) is 10.2. The first kappa shape index (κ1) is 18.1. The van der Waals surface area contributed by atoms with Gasteiger partial charge in [0, 0.05) is 27.7 Å². The van der Waals surface area contributed by atoms with Gasteiger partial charge in [0.05, 0.1) is 11.2 Å². The van der Waals surface area contributed by atoms with Crippen molar-refractivity contribution in [3.8, 4) is 5.13 Å². The minimum Gasteiger partial charge on any atom is -0.452 e. The molecular formula is C20H18N4O3S. The van der Waals surface area contributed by atoms with Gasteiger partial charge in [0.2, 0.25) is 5.78 Å². The van der Waals surface area contributed by atoms with E-state index < -0.39 is 5.97 Å². The van der Waals surface area contributed by atoms with Crippen molar-refractivity contribution in [1.29, 1.82) is 0 Å². The van der Waals surface area contributed by atoms with Crippen LogP contribution in [0.5, 0.6) is 0 Å². The van der Waals surface area contributed by atoms with Crippen LogP contribution < -0.4 is 0 Å². The Kier molecular flexibility index (Phi) is 4.56. The summed E-state index contributed by atoms with van der Waals surface area (Å²) in [6, 6.07) is 9.06. The van der Waals surface area contributed by atoms with Gasteiger partial charge in [-0.05, 0) is 32.9 Å². The molecule has 4 aromatic rings. The molecule has 4 rings (SSSR count). The second kappa shape index (κ2) is 7.05. The van der Waals surface area contributed by atoms with Gasteiger partial charge >= 0.3 is 5.97 Å². The minimum absolute atomic E-state index is 0.173. The molecule has 0 aliphatic rings. The van der Waals surface area contributed by atoms with Gasteiger partial charge in [0.25, 0.3) is 0 Å². The molecule has 0 spiro atoms. The van der Waals surface area contributed by atoms with Gasteiger partial charge in [-0.15, -0.1) is 11.3 Å². The molecule has 7 nitrogen and oxygen atoms in total. The fourth-order valence-corrected chi connectivity index (χ4v) is 4.09. The van der Waals surface area contributed by atoms with Gasteiger partial charge in [-0.1, -0.05) is 18.2 Å². The summed E-state index contributed by atoms with van der Waals surface area (Å²) in [6.45, 7) is 5.36. The summed E-state index contributed by atoms with van der Waals surface area (Å²) >= 11 is 1.52. The molecule has 0 bridgehead atoms. The number of thiazole rings is 1. The van der Waals surface area contributed by atoms with Gasteiger partial charge < -0.3 is 4.74 Å². The van der Waals surface area contributed by atoms with Crippen LogP contribution in [0.1, 0.15) is 37.9 Å². The van der Waals surface area contributed by atoms with Crippen molar-refractivity contribution in [2.24, 2.45) is 0 Å². The van der Waals surface area contributed by atoms with Gasteiger partial charge in [0.1, 0.15) is 0 Å². The van der Waals surface area contributed by atoms with Crippen LogP contribution in [0.4, 0.5) is 0 Å². The first-order valence-corrected chi connectivity index (χ1v) is 9.58. The minimum atomic E-state index is -0.629. The quantitative estimate of drug-likeness (QED) is 0.411. The van der Waals surface area contributed by atoms with Crippen molar-refractivity contribution in [2.45, 2.75) is 20.8 Å². The SMILES string of the molecule is Cc1csc(-n2c(C)cc(C(=O)COC(=O)c3n[nH]c4ccccc34)c2C)n1. The molecule has 0 fully saturated rings. The van der Waals surface area contributed by atoms with E-state index in [4.69, 9.17) is 4.74 Å². The number of H-pyrrole nitrogens is 1. The average Bonchev–Trinajstić information content (AvgIpc) is 3.37. The lowest BCUT2D eigenvalue weighted by Crippen LogP contribution is -2.15. The van der Waals surface area contributed by atoms with Crippen LogP contribution in [0.2, 0.25) is 0 Å². The highest BCUT2D eigenvalue weighted by atomic mass is 32.1. The van der Waals surface area contributed by atoms with E-state index >= 15 is 0 Å². The van der Waals surface area contributed by atoms with E-state index in [2.05, 4.69) is 15.2 Å². The number of benzene rings is 1. The van der Waals surface area contributed by atoms with Crippen LogP contribution in [0, 0.1) is 20.8 Å². The topological polar surface area (TPSA) is 89.9 Å². The second-order valence-electron chi connectivity index (χ2n) is 6.51. The highest BCUT2D eigenvalue weighted by Gasteiger charge is 2.21. The molecule has 1 N–H and O–H groups in total. The molecule has 3 aromatic heterocycles. The molecule has 8 heteroatoms. The third-order valence-electron chi connectivity index (χ3n) is 4.53. The van der Waals surface area contributed by atoms with Crippen LogP contribution in [-0.4, -0.2) is 38.1 Å². The predicted molar refractivity (Wildman–Crippen MR) is 106 cm³/mol. The van der Waals surface area contributed by atoms with Gasteiger partial charge in [0.15, 0.2) is 17.4 Å². The van der Waals surface area contributed by atoms with Crippen LogP contribution in [0.25, 0.3) is 16.0 Å². The maximum absolute atomic E-state index is 12.7. The monoisotopic (exact) mass is 394 g/mol. The Bertz CT molecular complexity index is 1200. The van der Waals surface area contributed by atoms with Crippen molar-refractivity contribution in [2.75, 3.05) is 6.61 Å². The third kappa shape index (κ3) is 3.11. The number of aromatic nitrogens is 4. The van der Waals surface area contributed by atoms with Crippen molar-refractivity contribution >= 4 is 34.0 Å². The molecule has 3 heterocycles. The summed E-state index contributed by atoms with van der Waals surface area (Å²) < 4.78 is 7.17. The van der Waals surface area contributed by atoms with E-state index in [0.29, 0.717) is 10.9 Å². The number of hydrogen-bond donors (Lipinski definition) is 1. The molecule has 0 saturated carbocycles. The van der Waals surface area contributed by atoms with Crippen LogP contribution in [0.3, 0.4) is 0 Å². The summed E-state index contributed by atoms with van der Waals surface area (Å²) in [5.74, 6) is -0.893. The Morgan fingerprint density at radius 1 is 1.21 bits per heavy atom. The van der Waals surface area contributed by atoms with E-state index in [-0.39, 0.29) is 18.1 Å². The number of nitrogens with one attached hydrogen (secondary N) is 1. The molecule has 0 radical (unpaired) electrons. The Morgan fingerprint density at radius 3 is 2.75 bits per heavy atom. The summed E-state index contributed by atoms with van der Waals surface area (Å²) in [6.07, 6.45) is 0. The number of ether oxygens (including phenoxy) is 1. The second-order valence-corrected chi connectivity index (χ2v) is 7.35. The van der Waals surface area contributed by atoms with Crippen LogP contribution in [0.15, 0.2) is 35.7 Å². The summed E-state index contributed by atoms with van der Waals surface area (Å²) in [4.78, 5) is 29.5. The van der Waals surface area contributed by atoms with E-state index in [1.54, 1.807) is 12.1 Å². The zero-order chi connectivity index (χ0) is 19.8. The number of carbonyl (C=O) groups excluding carboxylic acids is 2. The van der Waals surface area contributed by atoms with E-state index in [1.165, 1.54) is 11.3 Å². The summed E-state index contributed by atoms with van der Waals surface area (Å²) in [7, 11) is 0. The number of para-hydroxylation sites is 1. The number of aryl methyl sites for hydroxylation is 2. The molecule has 0 saturated heterocycles. The molecule has 0 aliphatic carbocycles. The number of hydrogen-bond acceptors (Lipinski definition) is 6. The number of fused-ring (bicyclic) bond motifs is 1. The van der Waals surface area contributed by atoms with Crippen molar-refractivity contribution in [3.05, 3.63) is 64.1 Å². The predicted octanol–water partition coefficient (Wildman–Crippen LogP) is 3.78. The largest absolute Gasteiger partial charge is 0.452 e. The van der Waals surface area contributed by atoms with Crippen LogP contribution in [-0.2, 0) is 4.74 Å². The van der Waals surface area contributed by atoms with E-state index in [0.717, 1.165) is 27.7 Å². The first-order valence-electron chi connectivity index (χ1n) is 8.70. The molecule has 0 amide bonds. The molecule has 0 aliphatic heterocycles. The van der Waals surface area contributed by atoms with Gasteiger partial charge in [-0.25, -0.2) is 9.78 Å². The zero-order valence-corrected chi connectivity index (χ0v) is 16.5. The lowest BCUT2D eigenvalue weighted by atomic mass is 10.1. The normalized spacial score (nSPS) is 11.1. The smallest absolute Gasteiger partial charge is 0.359 e. The van der Waals surface area contributed by atoms with Gasteiger partial charge in [-0.2, -0.15) is 5.10 Å². The van der Waals surface area contributed by atoms with Gasteiger partial charge in [-0.3, -0.25) is 14.5 Å². The highest BCUT2D eigenvalue weighted by Crippen LogP contribution is 2.24. The molecule has 0 unspecified atom stereocenters. The fourth-order valence-electron chi connectivity index (χ4n) is 3.18. The Morgan fingerprint density at radius 2 is 2.00 bits per heavy atom. The Balaban J connectivity index is 1.52. The molecule has 28 heavy (non-hydrogen) atoms. The number of carbonyl (C=O) groups is 2. The highest BCUT2D eigenvalue weighted by molar-refractivity contribution is 7.12. The number of Topliss-reactive ketones (excluding diaryl/α,β-unsaturated/α-hetero) is 1. The molecule has 0 atom stereocenters. The zero-order valence-electron chi connectivity index (χ0n) is 15.6. The third-order valence-corrected chi connectivity index (χ3v) is 5.47. The lowest BCUT2D eigenvalue weighted by molar-refractivity contribution is 0.0470. The summed E-state index contributed by atoms with van der Waals surface area (Å²) in [5.41, 5.74) is 4.04.